The molecule has 0 fully saturated rings. The largest absolute Gasteiger partial charge is 0.319 e. The Balaban J connectivity index is 2.38. The van der Waals surface area contributed by atoms with Gasteiger partial charge in [0.05, 0.1) is 17.2 Å². The van der Waals surface area contributed by atoms with Crippen LogP contribution in [0, 0.1) is 13.8 Å². The molecule has 1 aromatic carbocycles. The fraction of sp³-hybridized carbons (Fsp3) is 0.250. The number of thiazole rings is 1. The highest BCUT2D eigenvalue weighted by Gasteiger charge is 2.12. The minimum absolute atomic E-state index is 0.100. The quantitative estimate of drug-likeness (QED) is 0.841. The summed E-state index contributed by atoms with van der Waals surface area (Å²) in [5.41, 5.74) is 12.6. The summed E-state index contributed by atoms with van der Waals surface area (Å²) in [6.45, 7) is 4.18. The van der Waals surface area contributed by atoms with E-state index in [4.69, 9.17) is 5.73 Å². The highest BCUT2D eigenvalue weighted by molar-refractivity contribution is 7.07. The molecule has 3 heteroatoms. The number of rotatable bonds is 2. The van der Waals surface area contributed by atoms with Crippen molar-refractivity contribution in [1.82, 2.24) is 4.98 Å². The van der Waals surface area contributed by atoms with Gasteiger partial charge in [-0.2, -0.15) is 0 Å². The van der Waals surface area contributed by atoms with E-state index in [-0.39, 0.29) is 6.04 Å². The molecule has 2 aromatic rings. The van der Waals surface area contributed by atoms with Crippen molar-refractivity contribution in [2.75, 3.05) is 0 Å². The predicted molar refractivity (Wildman–Crippen MR) is 64.1 cm³/mol. The molecule has 15 heavy (non-hydrogen) atoms. The third-order valence-electron chi connectivity index (χ3n) is 2.53. The lowest BCUT2D eigenvalue weighted by Crippen LogP contribution is -2.13. The van der Waals surface area contributed by atoms with Crippen molar-refractivity contribution in [3.8, 4) is 0 Å². The smallest absolute Gasteiger partial charge is 0.0795 e. The minimum atomic E-state index is -0.100. The van der Waals surface area contributed by atoms with Crippen LogP contribution in [0.4, 0.5) is 0 Å². The highest BCUT2D eigenvalue weighted by Crippen LogP contribution is 2.23. The van der Waals surface area contributed by atoms with Gasteiger partial charge in [0, 0.05) is 5.38 Å². The summed E-state index contributed by atoms with van der Waals surface area (Å²) in [4.78, 5) is 4.25. The van der Waals surface area contributed by atoms with Crippen LogP contribution in [0.2, 0.25) is 0 Å². The molecule has 1 aromatic heterocycles. The van der Waals surface area contributed by atoms with Crippen molar-refractivity contribution in [3.63, 3.8) is 0 Å². The number of nitrogens with two attached hydrogens (primary N) is 1. The topological polar surface area (TPSA) is 38.9 Å². The van der Waals surface area contributed by atoms with Crippen molar-refractivity contribution in [1.29, 1.82) is 0 Å². The van der Waals surface area contributed by atoms with Crippen molar-refractivity contribution >= 4 is 11.3 Å². The van der Waals surface area contributed by atoms with Crippen LogP contribution >= 0.6 is 11.3 Å². The number of hydrogen-bond acceptors (Lipinski definition) is 3. The second-order valence-electron chi connectivity index (χ2n) is 3.75. The summed E-state index contributed by atoms with van der Waals surface area (Å²) in [7, 11) is 0. The van der Waals surface area contributed by atoms with Crippen LogP contribution in [0.25, 0.3) is 0 Å². The van der Waals surface area contributed by atoms with Crippen LogP contribution in [0.15, 0.2) is 29.1 Å². The van der Waals surface area contributed by atoms with Gasteiger partial charge < -0.3 is 5.73 Å². The van der Waals surface area contributed by atoms with Gasteiger partial charge in [0.2, 0.25) is 0 Å². The van der Waals surface area contributed by atoms with E-state index in [1.807, 2.05) is 10.9 Å². The van der Waals surface area contributed by atoms with Gasteiger partial charge in [-0.05, 0) is 25.0 Å². The summed E-state index contributed by atoms with van der Waals surface area (Å²) in [6.07, 6.45) is 0. The Morgan fingerprint density at radius 1 is 1.33 bits per heavy atom. The molecule has 1 atom stereocenters. The summed E-state index contributed by atoms with van der Waals surface area (Å²) < 4.78 is 0. The standard InChI is InChI=1S/C12H14N2S/c1-8-3-4-10(9(2)5-8)12(13)11-6-15-7-14-11/h3-7,12H,13H2,1-2H3. The maximum absolute atomic E-state index is 6.16. The van der Waals surface area contributed by atoms with Crippen molar-refractivity contribution < 1.29 is 0 Å². The second kappa shape index (κ2) is 4.13. The van der Waals surface area contributed by atoms with E-state index < -0.39 is 0 Å². The van der Waals surface area contributed by atoms with Gasteiger partial charge in [0.1, 0.15) is 0 Å². The molecule has 0 radical (unpaired) electrons. The van der Waals surface area contributed by atoms with Crippen LogP contribution < -0.4 is 5.73 Å². The lowest BCUT2D eigenvalue weighted by molar-refractivity contribution is 0.830. The molecule has 78 valence electrons. The molecule has 0 saturated carbocycles. The molecular formula is C12H14N2S. The van der Waals surface area contributed by atoms with Crippen molar-refractivity contribution in [2.45, 2.75) is 19.9 Å². The first kappa shape index (κ1) is 10.3. The van der Waals surface area contributed by atoms with Gasteiger partial charge in [-0.1, -0.05) is 23.8 Å². The van der Waals surface area contributed by atoms with E-state index in [1.165, 1.54) is 11.1 Å². The van der Waals surface area contributed by atoms with Crippen LogP contribution in [0.5, 0.6) is 0 Å². The molecule has 0 aliphatic carbocycles. The third-order valence-corrected chi connectivity index (χ3v) is 3.14. The molecule has 1 unspecified atom stereocenters. The molecule has 0 saturated heterocycles. The minimum Gasteiger partial charge on any atom is -0.319 e. The number of benzene rings is 1. The average molecular weight is 218 g/mol. The fourth-order valence-electron chi connectivity index (χ4n) is 1.71. The third kappa shape index (κ3) is 2.08. The predicted octanol–water partition coefficient (Wildman–Crippen LogP) is 2.81. The van der Waals surface area contributed by atoms with Gasteiger partial charge in [0.15, 0.2) is 0 Å². The molecule has 2 nitrogen and oxygen atoms in total. The summed E-state index contributed by atoms with van der Waals surface area (Å²) >= 11 is 1.58. The van der Waals surface area contributed by atoms with E-state index in [9.17, 15) is 0 Å². The zero-order chi connectivity index (χ0) is 10.8. The number of hydrogen-bond donors (Lipinski definition) is 1. The molecule has 0 aliphatic rings. The Hall–Kier alpha value is -1.19. The Morgan fingerprint density at radius 2 is 2.13 bits per heavy atom. The van der Waals surface area contributed by atoms with Gasteiger partial charge in [-0.3, -0.25) is 0 Å². The molecule has 0 amide bonds. The normalized spacial score (nSPS) is 12.7. The first-order chi connectivity index (χ1) is 7.18. The SMILES string of the molecule is Cc1ccc(C(N)c2cscn2)c(C)c1. The first-order valence-corrected chi connectivity index (χ1v) is 5.83. The van der Waals surface area contributed by atoms with Crippen molar-refractivity contribution in [2.24, 2.45) is 5.73 Å². The van der Waals surface area contributed by atoms with Gasteiger partial charge >= 0.3 is 0 Å². The molecular weight excluding hydrogens is 204 g/mol. The van der Waals surface area contributed by atoms with Gasteiger partial charge in [0.25, 0.3) is 0 Å². The molecule has 1 heterocycles. The van der Waals surface area contributed by atoms with E-state index >= 15 is 0 Å². The van der Waals surface area contributed by atoms with E-state index in [0.29, 0.717) is 0 Å². The van der Waals surface area contributed by atoms with Crippen LogP contribution in [-0.4, -0.2) is 4.98 Å². The average Bonchev–Trinajstić information content (AvgIpc) is 2.69. The summed E-state index contributed by atoms with van der Waals surface area (Å²) in [6, 6.07) is 6.24. The molecule has 0 bridgehead atoms. The Labute approximate surface area is 93.8 Å². The molecule has 0 aliphatic heterocycles. The number of aryl methyl sites for hydroxylation is 2. The first-order valence-electron chi connectivity index (χ1n) is 4.89. The Kier molecular flexibility index (Phi) is 2.84. The zero-order valence-electron chi connectivity index (χ0n) is 8.90. The molecule has 2 rings (SSSR count). The lowest BCUT2D eigenvalue weighted by Gasteiger charge is -2.13. The Bertz CT molecular complexity index is 449. The van der Waals surface area contributed by atoms with Crippen molar-refractivity contribution in [3.05, 3.63) is 51.5 Å². The maximum atomic E-state index is 6.16. The lowest BCUT2D eigenvalue weighted by atomic mass is 9.98. The monoisotopic (exact) mass is 218 g/mol. The van der Waals surface area contributed by atoms with E-state index in [1.54, 1.807) is 11.3 Å². The highest BCUT2D eigenvalue weighted by atomic mass is 32.1. The molecule has 2 N–H and O–H groups in total. The number of nitrogens with zero attached hydrogens (tertiary/aromatic N) is 1. The summed E-state index contributed by atoms with van der Waals surface area (Å²) in [5, 5.41) is 2.00. The Morgan fingerprint density at radius 3 is 2.73 bits per heavy atom. The zero-order valence-corrected chi connectivity index (χ0v) is 9.71. The second-order valence-corrected chi connectivity index (χ2v) is 4.47. The van der Waals surface area contributed by atoms with E-state index in [2.05, 4.69) is 37.0 Å². The maximum Gasteiger partial charge on any atom is 0.0795 e. The van der Waals surface area contributed by atoms with Gasteiger partial charge in [-0.15, -0.1) is 11.3 Å². The van der Waals surface area contributed by atoms with Crippen LogP contribution in [-0.2, 0) is 0 Å². The van der Waals surface area contributed by atoms with Gasteiger partial charge in [-0.25, -0.2) is 4.98 Å². The fourth-order valence-corrected chi connectivity index (χ4v) is 2.30. The van der Waals surface area contributed by atoms with Crippen LogP contribution in [0.3, 0.4) is 0 Å². The molecule has 0 spiro atoms. The number of aromatic nitrogens is 1. The van der Waals surface area contributed by atoms with E-state index in [0.717, 1.165) is 11.3 Å². The summed E-state index contributed by atoms with van der Waals surface area (Å²) in [5.74, 6) is 0. The van der Waals surface area contributed by atoms with Crippen LogP contribution in [0.1, 0.15) is 28.4 Å².